The van der Waals surface area contributed by atoms with E-state index in [1.807, 2.05) is 0 Å². The van der Waals surface area contributed by atoms with Crippen molar-refractivity contribution < 1.29 is 0 Å². The molecular weight excluding hydrogens is 158 g/mol. The van der Waals surface area contributed by atoms with E-state index in [9.17, 15) is 0 Å². The minimum absolute atomic E-state index is 0.0405. The van der Waals surface area contributed by atoms with Gasteiger partial charge in [-0.3, -0.25) is 0 Å². The van der Waals surface area contributed by atoms with E-state index < -0.39 is 0 Å². The number of rotatable bonds is 3. The second-order valence-electron chi connectivity index (χ2n) is 5.68. The van der Waals surface area contributed by atoms with E-state index in [-0.39, 0.29) is 11.0 Å². The van der Waals surface area contributed by atoms with Gasteiger partial charge in [-0.25, -0.2) is 0 Å². The topological polar surface area (TPSA) is 12.0 Å². The molecule has 0 spiro atoms. The maximum atomic E-state index is 4.37. The monoisotopic (exact) mass is 184 g/mol. The summed E-state index contributed by atoms with van der Waals surface area (Å²) < 4.78 is 0. The fourth-order valence-electron chi connectivity index (χ4n) is 1.76. The van der Waals surface area contributed by atoms with E-state index >= 15 is 0 Å². The lowest BCUT2D eigenvalue weighted by Gasteiger charge is -2.47. The molecule has 0 aliphatic carbocycles. The van der Waals surface area contributed by atoms with Crippen LogP contribution in [0.25, 0.3) is 0 Å². The molecule has 0 aliphatic rings. The van der Waals surface area contributed by atoms with Crippen LogP contribution in [0.2, 0.25) is 0 Å². The Kier molecular flexibility index (Phi) is 3.98. The van der Waals surface area contributed by atoms with Crippen LogP contribution in [0.3, 0.4) is 0 Å². The third-order valence-electron chi connectivity index (χ3n) is 2.87. The molecule has 0 aromatic carbocycles. The molecule has 0 amide bonds. The first-order chi connectivity index (χ1) is 5.61. The lowest BCUT2D eigenvalue weighted by molar-refractivity contribution is 0.119. The Bertz CT molecular complexity index is 153. The molecule has 0 aromatic rings. The van der Waals surface area contributed by atoms with Crippen molar-refractivity contribution in [1.29, 1.82) is 0 Å². The predicted octanol–water partition coefficient (Wildman–Crippen LogP) is 3.26. The van der Waals surface area contributed by atoms with Crippen LogP contribution >= 0.6 is 0 Å². The van der Waals surface area contributed by atoms with Gasteiger partial charge < -0.3 is 5.32 Å². The van der Waals surface area contributed by atoms with Gasteiger partial charge in [0.2, 0.25) is 0 Å². The first kappa shape index (κ1) is 13.0. The van der Waals surface area contributed by atoms with Crippen molar-refractivity contribution in [3.63, 3.8) is 0 Å². The van der Waals surface area contributed by atoms with Crippen molar-refractivity contribution in [2.45, 2.75) is 60.0 Å². The Morgan fingerprint density at radius 3 is 1.46 bits per heavy atom. The third-order valence-corrected chi connectivity index (χ3v) is 2.87. The molecule has 0 fully saturated rings. The van der Waals surface area contributed by atoms with E-state index in [1.165, 1.54) is 0 Å². The number of nitrogens with one attached hydrogen (secondary N) is 1. The third kappa shape index (κ3) is 2.98. The average molecular weight is 184 g/mol. The largest absolute Gasteiger partial charge is 0.308 e. The summed E-state index contributed by atoms with van der Waals surface area (Å²) >= 11 is 0. The van der Waals surface area contributed by atoms with E-state index in [2.05, 4.69) is 60.7 Å². The normalized spacial score (nSPS) is 18.0. The van der Waals surface area contributed by atoms with Gasteiger partial charge in [-0.15, -0.1) is 0 Å². The Morgan fingerprint density at radius 2 is 1.38 bits per heavy atom. The number of hydrogen-bond acceptors (Lipinski definition) is 1. The summed E-state index contributed by atoms with van der Waals surface area (Å²) in [5, 5.41) is 3.58. The summed E-state index contributed by atoms with van der Waals surface area (Å²) in [4.78, 5) is 0. The highest BCUT2D eigenvalue weighted by Crippen LogP contribution is 2.36. The van der Waals surface area contributed by atoms with E-state index in [4.69, 9.17) is 0 Å². The van der Waals surface area contributed by atoms with Gasteiger partial charge >= 0.3 is 0 Å². The maximum absolute atomic E-state index is 4.37. The van der Waals surface area contributed by atoms with Crippen molar-refractivity contribution >= 4 is 0 Å². The Morgan fingerprint density at radius 1 is 1.00 bits per heavy atom. The predicted molar refractivity (Wildman–Crippen MR) is 60.7 cm³/mol. The molecule has 13 heavy (non-hydrogen) atoms. The fourth-order valence-corrected chi connectivity index (χ4v) is 1.76. The van der Waals surface area contributed by atoms with Crippen LogP contribution in [-0.2, 0) is 0 Å². The molecule has 0 aromatic heterocycles. The Balaban J connectivity index is 4.74. The molecule has 1 radical (unpaired) electrons. The molecule has 1 atom stereocenters. The lowest BCUT2D eigenvalue weighted by Crippen LogP contribution is -2.58. The molecule has 1 unspecified atom stereocenters. The highest BCUT2D eigenvalue weighted by atomic mass is 15.0. The average Bonchev–Trinajstić information content (AvgIpc) is 1.82. The van der Waals surface area contributed by atoms with Gasteiger partial charge in [0, 0.05) is 11.6 Å². The molecule has 0 heterocycles. The van der Waals surface area contributed by atoms with Gasteiger partial charge in [0.05, 0.1) is 0 Å². The molecule has 0 aliphatic heterocycles. The molecular formula is C12H26N. The van der Waals surface area contributed by atoms with Crippen LogP contribution in [0.4, 0.5) is 0 Å². The minimum Gasteiger partial charge on any atom is -0.308 e. The summed E-state index contributed by atoms with van der Waals surface area (Å²) in [5.74, 6) is 0.537. The minimum atomic E-state index is -0.0405. The highest BCUT2D eigenvalue weighted by molar-refractivity contribution is 5.03. The zero-order chi connectivity index (χ0) is 10.9. The van der Waals surface area contributed by atoms with Crippen molar-refractivity contribution in [3.05, 3.63) is 6.92 Å². The molecule has 1 nitrogen and oxygen atoms in total. The zero-order valence-electron chi connectivity index (χ0n) is 10.4. The molecule has 0 bridgehead atoms. The van der Waals surface area contributed by atoms with Crippen molar-refractivity contribution in [2.75, 3.05) is 0 Å². The van der Waals surface area contributed by atoms with Gasteiger partial charge in [-0.2, -0.15) is 0 Å². The van der Waals surface area contributed by atoms with Crippen LogP contribution in [0.5, 0.6) is 0 Å². The van der Waals surface area contributed by atoms with Crippen LogP contribution in [0.1, 0.15) is 48.5 Å². The molecule has 1 N–H and O–H groups in total. The smallest absolute Gasteiger partial charge is 0.0255 e. The second kappa shape index (κ2) is 4.00. The zero-order valence-corrected chi connectivity index (χ0v) is 10.4. The van der Waals surface area contributed by atoms with Gasteiger partial charge in [-0.05, 0) is 18.3 Å². The van der Waals surface area contributed by atoms with Crippen molar-refractivity contribution in [3.8, 4) is 0 Å². The highest BCUT2D eigenvalue weighted by Gasteiger charge is 2.40. The van der Waals surface area contributed by atoms with Gasteiger partial charge in [0.15, 0.2) is 0 Å². The molecule has 0 saturated heterocycles. The first-order valence-corrected chi connectivity index (χ1v) is 5.24. The molecule has 1 heteroatoms. The summed E-state index contributed by atoms with van der Waals surface area (Å²) in [5.41, 5.74) is 0.145. The quantitative estimate of drug-likeness (QED) is 0.710. The van der Waals surface area contributed by atoms with E-state index in [0.717, 1.165) is 0 Å². The molecule has 79 valence electrons. The lowest BCUT2D eigenvalue weighted by atomic mass is 9.68. The van der Waals surface area contributed by atoms with Gasteiger partial charge in [0.25, 0.3) is 0 Å². The van der Waals surface area contributed by atoms with Crippen LogP contribution in [-0.4, -0.2) is 11.6 Å². The maximum Gasteiger partial charge on any atom is 0.0255 e. The van der Waals surface area contributed by atoms with Crippen LogP contribution < -0.4 is 5.32 Å². The van der Waals surface area contributed by atoms with E-state index in [1.54, 1.807) is 0 Å². The Labute approximate surface area is 84.3 Å². The second-order valence-corrected chi connectivity index (χ2v) is 5.68. The first-order valence-electron chi connectivity index (χ1n) is 5.24. The fraction of sp³-hybridized carbons (Fsp3) is 0.917. The Hall–Kier alpha value is -0.0400. The standard InChI is InChI=1S/C12H26N/c1-9(2)12(8,11(5,6)7)13-10(3)4/h9-10,13H,8H2,1-7H3. The molecule has 0 rings (SSSR count). The molecule has 0 saturated carbocycles. The SMILES string of the molecule is [CH2]C(NC(C)C)(C(C)C)C(C)(C)C. The van der Waals surface area contributed by atoms with Crippen molar-refractivity contribution in [2.24, 2.45) is 11.3 Å². The summed E-state index contributed by atoms with van der Waals surface area (Å²) in [6.45, 7) is 19.9. The van der Waals surface area contributed by atoms with Gasteiger partial charge in [-0.1, -0.05) is 48.5 Å². The number of hydrogen-bond donors (Lipinski definition) is 1. The van der Waals surface area contributed by atoms with Crippen molar-refractivity contribution in [1.82, 2.24) is 5.32 Å². The summed E-state index contributed by atoms with van der Waals surface area (Å²) in [7, 11) is 0. The summed E-state index contributed by atoms with van der Waals surface area (Å²) in [6, 6.07) is 0.485. The van der Waals surface area contributed by atoms with Crippen LogP contribution in [0.15, 0.2) is 0 Å². The van der Waals surface area contributed by atoms with E-state index in [0.29, 0.717) is 12.0 Å². The summed E-state index contributed by atoms with van der Waals surface area (Å²) in [6.07, 6.45) is 0. The van der Waals surface area contributed by atoms with Crippen LogP contribution in [0, 0.1) is 18.3 Å². The van der Waals surface area contributed by atoms with Gasteiger partial charge in [0.1, 0.15) is 0 Å².